The van der Waals surface area contributed by atoms with E-state index in [1.165, 1.54) is 18.3 Å². The summed E-state index contributed by atoms with van der Waals surface area (Å²) in [5.41, 5.74) is 5.93. The fourth-order valence-electron chi connectivity index (χ4n) is 1.50. The molecule has 2 rings (SSSR count). The van der Waals surface area contributed by atoms with E-state index in [2.05, 4.69) is 10.3 Å². The van der Waals surface area contributed by atoms with Gasteiger partial charge in [0.05, 0.1) is 17.8 Å². The van der Waals surface area contributed by atoms with Crippen molar-refractivity contribution >= 4 is 28.1 Å². The molecule has 0 unspecified atom stereocenters. The maximum atomic E-state index is 13.5. The van der Waals surface area contributed by atoms with Crippen molar-refractivity contribution in [3.05, 3.63) is 40.4 Å². The molecular weight excluding hydrogens is 272 g/mol. The fourth-order valence-corrected chi connectivity index (χ4v) is 2.07. The number of carbonyl (C=O) groups is 1. The van der Waals surface area contributed by atoms with Gasteiger partial charge >= 0.3 is 0 Å². The van der Waals surface area contributed by atoms with E-state index in [0.717, 1.165) is 12.1 Å². The molecule has 0 bridgehead atoms. The number of nitrogens with two attached hydrogens (primary N) is 1. The SMILES string of the molecule is Cc1cc(F)c(NC(=O)Cc2csc(N)n2)cc1F. The zero-order valence-corrected chi connectivity index (χ0v) is 10.9. The molecule has 1 aromatic carbocycles. The van der Waals surface area contributed by atoms with Gasteiger partial charge in [0.15, 0.2) is 5.13 Å². The molecule has 3 N–H and O–H groups in total. The molecule has 0 aliphatic heterocycles. The number of carbonyl (C=O) groups excluding carboxylic acids is 1. The van der Waals surface area contributed by atoms with Gasteiger partial charge in [-0.25, -0.2) is 13.8 Å². The number of hydrogen-bond acceptors (Lipinski definition) is 4. The molecule has 1 amide bonds. The largest absolute Gasteiger partial charge is 0.375 e. The molecule has 0 aliphatic carbocycles. The van der Waals surface area contributed by atoms with Gasteiger partial charge in [-0.3, -0.25) is 4.79 Å². The van der Waals surface area contributed by atoms with Gasteiger partial charge in [0.25, 0.3) is 0 Å². The number of rotatable bonds is 3. The highest BCUT2D eigenvalue weighted by Crippen LogP contribution is 2.19. The number of thiazole rings is 1. The van der Waals surface area contributed by atoms with Gasteiger partial charge in [-0.2, -0.15) is 0 Å². The lowest BCUT2D eigenvalue weighted by atomic mass is 10.2. The molecule has 0 aliphatic rings. The van der Waals surface area contributed by atoms with Crippen LogP contribution in [0.1, 0.15) is 11.3 Å². The minimum atomic E-state index is -0.676. The highest BCUT2D eigenvalue weighted by molar-refractivity contribution is 7.13. The second kappa shape index (κ2) is 5.31. The minimum absolute atomic E-state index is 0.0391. The van der Waals surface area contributed by atoms with Gasteiger partial charge in [-0.15, -0.1) is 11.3 Å². The Morgan fingerprint density at radius 3 is 2.79 bits per heavy atom. The summed E-state index contributed by atoms with van der Waals surface area (Å²) in [5, 5.41) is 4.30. The van der Waals surface area contributed by atoms with Crippen LogP contribution in [0.3, 0.4) is 0 Å². The van der Waals surface area contributed by atoms with Crippen LogP contribution in [0.5, 0.6) is 0 Å². The van der Waals surface area contributed by atoms with Crippen LogP contribution in [0, 0.1) is 18.6 Å². The van der Waals surface area contributed by atoms with E-state index < -0.39 is 17.5 Å². The van der Waals surface area contributed by atoms with Gasteiger partial charge in [-0.1, -0.05) is 0 Å². The third kappa shape index (κ3) is 3.25. The average molecular weight is 283 g/mol. The molecule has 0 saturated heterocycles. The number of nitrogens with one attached hydrogen (secondary N) is 1. The third-order valence-corrected chi connectivity index (χ3v) is 3.16. The molecule has 0 saturated carbocycles. The van der Waals surface area contributed by atoms with Gasteiger partial charge < -0.3 is 11.1 Å². The Kier molecular flexibility index (Phi) is 3.75. The van der Waals surface area contributed by atoms with Gasteiger partial charge in [-0.05, 0) is 18.6 Å². The topological polar surface area (TPSA) is 68.0 Å². The first kappa shape index (κ1) is 13.4. The summed E-state index contributed by atoms with van der Waals surface area (Å²) in [5.74, 6) is -1.73. The van der Waals surface area contributed by atoms with Crippen LogP contribution in [0.4, 0.5) is 19.6 Å². The van der Waals surface area contributed by atoms with Crippen LogP contribution in [-0.4, -0.2) is 10.9 Å². The van der Waals surface area contributed by atoms with Crippen LogP contribution in [0.2, 0.25) is 0 Å². The molecule has 100 valence electrons. The molecular formula is C12H11F2N3OS. The van der Waals surface area contributed by atoms with Crippen molar-refractivity contribution in [2.45, 2.75) is 13.3 Å². The van der Waals surface area contributed by atoms with Crippen molar-refractivity contribution in [1.29, 1.82) is 0 Å². The molecule has 1 heterocycles. The Labute approximate surface area is 112 Å². The van der Waals surface area contributed by atoms with Gasteiger partial charge in [0.2, 0.25) is 5.91 Å². The molecule has 0 radical (unpaired) electrons. The van der Waals surface area contributed by atoms with E-state index in [1.54, 1.807) is 5.38 Å². The first-order chi connectivity index (χ1) is 8.95. The highest BCUT2D eigenvalue weighted by atomic mass is 32.1. The number of hydrogen-bond donors (Lipinski definition) is 2. The van der Waals surface area contributed by atoms with E-state index >= 15 is 0 Å². The third-order valence-electron chi connectivity index (χ3n) is 2.43. The number of nitrogen functional groups attached to an aromatic ring is 1. The average Bonchev–Trinajstić information content (AvgIpc) is 2.71. The summed E-state index contributed by atoms with van der Waals surface area (Å²) in [4.78, 5) is 15.6. The normalized spacial score (nSPS) is 10.5. The zero-order chi connectivity index (χ0) is 14.0. The van der Waals surface area contributed by atoms with Gasteiger partial charge in [0.1, 0.15) is 11.6 Å². The highest BCUT2D eigenvalue weighted by Gasteiger charge is 2.12. The van der Waals surface area contributed by atoms with Crippen molar-refractivity contribution in [2.75, 3.05) is 11.1 Å². The minimum Gasteiger partial charge on any atom is -0.375 e. The first-order valence-corrected chi connectivity index (χ1v) is 6.29. The van der Waals surface area contributed by atoms with E-state index in [0.29, 0.717) is 10.8 Å². The van der Waals surface area contributed by atoms with E-state index in [1.807, 2.05) is 0 Å². The number of anilines is 2. The summed E-state index contributed by atoms with van der Waals surface area (Å²) >= 11 is 1.21. The molecule has 1 aromatic heterocycles. The van der Waals surface area contributed by atoms with E-state index in [9.17, 15) is 13.6 Å². The quantitative estimate of drug-likeness (QED) is 0.909. The first-order valence-electron chi connectivity index (χ1n) is 5.41. The molecule has 0 spiro atoms. The van der Waals surface area contributed by atoms with Crippen molar-refractivity contribution in [3.8, 4) is 0 Å². The molecule has 19 heavy (non-hydrogen) atoms. The Hall–Kier alpha value is -2.02. The monoisotopic (exact) mass is 283 g/mol. The summed E-state index contributed by atoms with van der Waals surface area (Å²) in [6, 6.07) is 1.99. The Balaban J connectivity index is 2.09. The second-order valence-corrected chi connectivity index (χ2v) is 4.87. The zero-order valence-electron chi connectivity index (χ0n) is 10.0. The number of benzene rings is 1. The molecule has 4 nitrogen and oxygen atoms in total. The number of aromatic nitrogens is 1. The predicted molar refractivity (Wildman–Crippen MR) is 70.0 cm³/mol. The van der Waals surface area contributed by atoms with Crippen LogP contribution in [0.15, 0.2) is 17.5 Å². The van der Waals surface area contributed by atoms with Crippen molar-refractivity contribution < 1.29 is 13.6 Å². The maximum absolute atomic E-state index is 13.5. The number of aryl methyl sites for hydroxylation is 1. The Morgan fingerprint density at radius 1 is 1.42 bits per heavy atom. The van der Waals surface area contributed by atoms with Gasteiger partial charge in [0, 0.05) is 11.4 Å². The number of halogens is 2. The lowest BCUT2D eigenvalue weighted by molar-refractivity contribution is -0.115. The fraction of sp³-hybridized carbons (Fsp3) is 0.167. The predicted octanol–water partition coefficient (Wildman–Crippen LogP) is 2.49. The smallest absolute Gasteiger partial charge is 0.230 e. The van der Waals surface area contributed by atoms with E-state index in [-0.39, 0.29) is 17.7 Å². The van der Waals surface area contributed by atoms with Crippen molar-refractivity contribution in [3.63, 3.8) is 0 Å². The molecule has 2 aromatic rings. The number of amides is 1. The molecule has 0 atom stereocenters. The van der Waals surface area contributed by atoms with Crippen LogP contribution < -0.4 is 11.1 Å². The molecule has 0 fully saturated rings. The van der Waals surface area contributed by atoms with Crippen LogP contribution >= 0.6 is 11.3 Å². The second-order valence-electron chi connectivity index (χ2n) is 3.98. The summed E-state index contributed by atoms with van der Waals surface area (Å²) in [6.07, 6.45) is -0.0391. The maximum Gasteiger partial charge on any atom is 0.230 e. The Morgan fingerprint density at radius 2 is 2.16 bits per heavy atom. The standard InChI is InChI=1S/C12H11F2N3OS/c1-6-2-9(14)10(4-8(6)13)17-11(18)3-7-5-19-12(15)16-7/h2,4-5H,3H2,1H3,(H2,15,16)(H,17,18). The number of nitrogens with zero attached hydrogens (tertiary/aromatic N) is 1. The summed E-state index contributed by atoms with van der Waals surface area (Å²) in [6.45, 7) is 1.45. The lowest BCUT2D eigenvalue weighted by Crippen LogP contribution is -2.16. The van der Waals surface area contributed by atoms with Crippen LogP contribution in [0.25, 0.3) is 0 Å². The van der Waals surface area contributed by atoms with E-state index in [4.69, 9.17) is 5.73 Å². The Bertz CT molecular complexity index is 627. The lowest BCUT2D eigenvalue weighted by Gasteiger charge is -2.07. The summed E-state index contributed by atoms with van der Waals surface area (Å²) < 4.78 is 26.8. The van der Waals surface area contributed by atoms with Crippen molar-refractivity contribution in [2.24, 2.45) is 0 Å². The van der Waals surface area contributed by atoms with Crippen molar-refractivity contribution in [1.82, 2.24) is 4.98 Å². The summed E-state index contributed by atoms with van der Waals surface area (Å²) in [7, 11) is 0. The molecule has 7 heteroatoms. The van der Waals surface area contributed by atoms with Crippen LogP contribution in [-0.2, 0) is 11.2 Å².